The molecule has 1 aromatic heterocycles. The van der Waals surface area contributed by atoms with Crippen molar-refractivity contribution < 1.29 is 4.74 Å². The molecule has 2 N–H and O–H groups in total. The first-order chi connectivity index (χ1) is 13.2. The highest BCUT2D eigenvalue weighted by Gasteiger charge is 2.23. The smallest absolute Gasteiger partial charge is 0.124 e. The molecule has 0 unspecified atom stereocenters. The van der Waals surface area contributed by atoms with Crippen LogP contribution in [0.2, 0.25) is 5.02 Å². The number of aromatic nitrogens is 1. The average molecular weight is 377 g/mol. The Kier molecular flexibility index (Phi) is 4.78. The van der Waals surface area contributed by atoms with Gasteiger partial charge in [0.2, 0.25) is 0 Å². The van der Waals surface area contributed by atoms with Crippen LogP contribution in [-0.4, -0.2) is 12.1 Å². The van der Waals surface area contributed by atoms with Gasteiger partial charge in [-0.3, -0.25) is 0 Å². The third-order valence-corrected chi connectivity index (χ3v) is 5.05. The Balaban J connectivity index is 1.91. The van der Waals surface area contributed by atoms with E-state index in [0.29, 0.717) is 5.02 Å². The predicted octanol–water partition coefficient (Wildman–Crippen LogP) is 6.34. The van der Waals surface area contributed by atoms with Gasteiger partial charge in [0.25, 0.3) is 0 Å². The molecule has 0 amide bonds. The number of methoxy groups -OCH3 is 1. The van der Waals surface area contributed by atoms with E-state index in [1.54, 1.807) is 7.11 Å². The van der Waals surface area contributed by atoms with Gasteiger partial charge in [0.15, 0.2) is 0 Å². The lowest BCUT2D eigenvalue weighted by Gasteiger charge is -2.23. The van der Waals surface area contributed by atoms with E-state index in [-0.39, 0.29) is 6.04 Å². The number of aryl methyl sites for hydroxylation is 1. The first-order valence-corrected chi connectivity index (χ1v) is 9.27. The van der Waals surface area contributed by atoms with E-state index < -0.39 is 0 Å². The minimum absolute atomic E-state index is 0.0873. The Labute approximate surface area is 163 Å². The molecule has 4 rings (SSSR count). The summed E-state index contributed by atoms with van der Waals surface area (Å²) < 4.78 is 5.66. The Morgan fingerprint density at radius 2 is 1.74 bits per heavy atom. The number of rotatable bonds is 5. The summed E-state index contributed by atoms with van der Waals surface area (Å²) in [6, 6.07) is 24.2. The summed E-state index contributed by atoms with van der Waals surface area (Å²) in [6.07, 6.45) is 0. The maximum atomic E-state index is 6.21. The van der Waals surface area contributed by atoms with E-state index in [4.69, 9.17) is 16.3 Å². The number of para-hydroxylation sites is 2. The second kappa shape index (κ2) is 7.37. The van der Waals surface area contributed by atoms with Gasteiger partial charge in [-0.2, -0.15) is 0 Å². The fourth-order valence-electron chi connectivity index (χ4n) is 3.63. The molecule has 1 atom stereocenters. The monoisotopic (exact) mass is 376 g/mol. The van der Waals surface area contributed by atoms with Gasteiger partial charge in [-0.1, -0.05) is 54.1 Å². The van der Waals surface area contributed by atoms with Gasteiger partial charge in [0.1, 0.15) is 5.75 Å². The van der Waals surface area contributed by atoms with E-state index in [2.05, 4.69) is 41.5 Å². The maximum Gasteiger partial charge on any atom is 0.124 e. The van der Waals surface area contributed by atoms with Crippen molar-refractivity contribution in [3.05, 3.63) is 94.6 Å². The minimum atomic E-state index is -0.0873. The van der Waals surface area contributed by atoms with Crippen molar-refractivity contribution in [3.8, 4) is 5.75 Å². The second-order valence-electron chi connectivity index (χ2n) is 6.54. The third-order valence-electron chi connectivity index (χ3n) is 4.82. The summed E-state index contributed by atoms with van der Waals surface area (Å²) in [5.41, 5.74) is 5.49. The zero-order valence-electron chi connectivity index (χ0n) is 15.3. The summed E-state index contributed by atoms with van der Waals surface area (Å²) in [4.78, 5) is 3.51. The largest absolute Gasteiger partial charge is 0.496 e. The number of hydrogen-bond donors (Lipinski definition) is 2. The predicted molar refractivity (Wildman–Crippen MR) is 113 cm³/mol. The number of ether oxygens (including phenoxy) is 1. The molecule has 27 heavy (non-hydrogen) atoms. The van der Waals surface area contributed by atoms with Gasteiger partial charge in [-0.25, -0.2) is 0 Å². The Morgan fingerprint density at radius 1 is 0.963 bits per heavy atom. The number of aromatic amines is 1. The van der Waals surface area contributed by atoms with Crippen molar-refractivity contribution in [2.45, 2.75) is 13.0 Å². The number of nitrogens with one attached hydrogen (secondary N) is 2. The summed E-state index contributed by atoms with van der Waals surface area (Å²) in [6.45, 7) is 2.11. The van der Waals surface area contributed by atoms with Crippen LogP contribution in [-0.2, 0) is 0 Å². The molecule has 0 aliphatic heterocycles. The summed E-state index contributed by atoms with van der Waals surface area (Å²) in [7, 11) is 1.71. The molecular weight excluding hydrogens is 356 g/mol. The fraction of sp³-hybridized carbons (Fsp3) is 0.130. The van der Waals surface area contributed by atoms with Gasteiger partial charge in [-0.05, 0) is 37.3 Å². The molecule has 0 aliphatic carbocycles. The Hall–Kier alpha value is -2.91. The highest BCUT2D eigenvalue weighted by atomic mass is 35.5. The van der Waals surface area contributed by atoms with Crippen molar-refractivity contribution in [3.63, 3.8) is 0 Å². The van der Waals surface area contributed by atoms with E-state index in [0.717, 1.165) is 28.2 Å². The maximum absolute atomic E-state index is 6.21. The van der Waals surface area contributed by atoms with Crippen LogP contribution in [0.25, 0.3) is 10.9 Å². The number of hydrogen-bond acceptors (Lipinski definition) is 2. The van der Waals surface area contributed by atoms with Crippen molar-refractivity contribution in [1.29, 1.82) is 0 Å². The molecule has 4 heteroatoms. The first kappa shape index (κ1) is 17.5. The van der Waals surface area contributed by atoms with E-state index in [1.807, 2.05) is 48.5 Å². The van der Waals surface area contributed by atoms with Crippen LogP contribution in [0, 0.1) is 6.92 Å². The van der Waals surface area contributed by atoms with Crippen molar-refractivity contribution in [1.82, 2.24) is 4.98 Å². The van der Waals surface area contributed by atoms with E-state index >= 15 is 0 Å². The molecule has 0 spiro atoms. The molecule has 1 heterocycles. The first-order valence-electron chi connectivity index (χ1n) is 8.89. The lowest BCUT2D eigenvalue weighted by molar-refractivity contribution is 0.408. The van der Waals surface area contributed by atoms with Crippen LogP contribution < -0.4 is 10.1 Å². The SMILES string of the molecule is COc1ccccc1[C@H](Nc1cccc(Cl)c1)c1c(C)[nH]c2ccccc12. The van der Waals surface area contributed by atoms with Gasteiger partial charge >= 0.3 is 0 Å². The molecule has 136 valence electrons. The molecule has 3 aromatic carbocycles. The van der Waals surface area contributed by atoms with Crippen LogP contribution >= 0.6 is 11.6 Å². The van der Waals surface area contributed by atoms with Gasteiger partial charge in [0, 0.05) is 38.4 Å². The summed E-state index contributed by atoms with van der Waals surface area (Å²) in [5.74, 6) is 0.849. The van der Waals surface area contributed by atoms with Crippen molar-refractivity contribution in [2.75, 3.05) is 12.4 Å². The van der Waals surface area contributed by atoms with Crippen LogP contribution in [0.4, 0.5) is 5.69 Å². The topological polar surface area (TPSA) is 37.0 Å². The highest BCUT2D eigenvalue weighted by Crippen LogP contribution is 2.38. The van der Waals surface area contributed by atoms with E-state index in [1.165, 1.54) is 10.9 Å². The molecule has 3 nitrogen and oxygen atoms in total. The average Bonchev–Trinajstić information content (AvgIpc) is 3.02. The van der Waals surface area contributed by atoms with Crippen LogP contribution in [0.1, 0.15) is 22.9 Å². The van der Waals surface area contributed by atoms with Crippen LogP contribution in [0.15, 0.2) is 72.8 Å². The lowest BCUT2D eigenvalue weighted by Crippen LogP contribution is -2.14. The summed E-state index contributed by atoms with van der Waals surface area (Å²) in [5, 5.41) is 5.56. The standard InChI is InChI=1S/C23H21ClN2O/c1-15-22(18-10-3-5-12-20(18)25-15)23(19-11-4-6-13-21(19)27-2)26-17-9-7-8-16(24)14-17/h3-14,23,25-26H,1-2H3/t23-/m0/s1. The van der Waals surface area contributed by atoms with Gasteiger partial charge < -0.3 is 15.0 Å². The molecule has 0 saturated heterocycles. The Bertz CT molecular complexity index is 1090. The number of fused-ring (bicyclic) bond motifs is 1. The Morgan fingerprint density at radius 3 is 2.56 bits per heavy atom. The zero-order valence-corrected chi connectivity index (χ0v) is 16.0. The highest BCUT2D eigenvalue weighted by molar-refractivity contribution is 6.30. The van der Waals surface area contributed by atoms with Crippen molar-refractivity contribution >= 4 is 28.2 Å². The minimum Gasteiger partial charge on any atom is -0.496 e. The quantitative estimate of drug-likeness (QED) is 0.426. The lowest BCUT2D eigenvalue weighted by atomic mass is 9.95. The molecule has 0 radical (unpaired) electrons. The van der Waals surface area contributed by atoms with Crippen LogP contribution in [0.5, 0.6) is 5.75 Å². The number of benzene rings is 3. The van der Waals surface area contributed by atoms with Crippen molar-refractivity contribution in [2.24, 2.45) is 0 Å². The fourth-order valence-corrected chi connectivity index (χ4v) is 3.82. The number of H-pyrrole nitrogens is 1. The van der Waals surface area contributed by atoms with Gasteiger partial charge in [0.05, 0.1) is 13.2 Å². The summed E-state index contributed by atoms with van der Waals surface area (Å²) >= 11 is 6.21. The molecule has 0 aliphatic rings. The molecule has 0 saturated carbocycles. The zero-order chi connectivity index (χ0) is 18.8. The number of halogens is 1. The van der Waals surface area contributed by atoms with E-state index in [9.17, 15) is 0 Å². The van der Waals surface area contributed by atoms with Crippen LogP contribution in [0.3, 0.4) is 0 Å². The molecular formula is C23H21ClN2O. The van der Waals surface area contributed by atoms with Gasteiger partial charge in [-0.15, -0.1) is 0 Å². The molecule has 0 fully saturated rings. The molecule has 4 aromatic rings. The normalized spacial score (nSPS) is 12.1. The second-order valence-corrected chi connectivity index (χ2v) is 6.98. The number of anilines is 1. The molecule has 0 bridgehead atoms. The third kappa shape index (κ3) is 3.38.